The Morgan fingerprint density at radius 2 is 2.00 bits per heavy atom. The lowest BCUT2D eigenvalue weighted by atomic mass is 10.1. The number of ether oxygens (including phenoxy) is 1. The van der Waals surface area contributed by atoms with Crippen molar-refractivity contribution in [2.75, 3.05) is 0 Å². The SMILES string of the molecule is NCc1ccc(C(=O)c2cccc(OC(F)(F)F)c2)o1. The molecule has 0 aliphatic heterocycles. The van der Waals surface area contributed by atoms with Crippen molar-refractivity contribution in [1.82, 2.24) is 0 Å². The number of nitrogens with two attached hydrogens (primary N) is 1. The second-order valence-corrected chi connectivity index (χ2v) is 3.87. The van der Waals surface area contributed by atoms with Crippen LogP contribution in [0.4, 0.5) is 13.2 Å². The molecule has 0 atom stereocenters. The van der Waals surface area contributed by atoms with Crippen molar-refractivity contribution < 1.29 is 27.1 Å². The number of carbonyl (C=O) groups excluding carboxylic acids is 1. The Bertz CT molecular complexity index is 619. The Hall–Kier alpha value is -2.28. The van der Waals surface area contributed by atoms with E-state index in [2.05, 4.69) is 4.74 Å². The lowest BCUT2D eigenvalue weighted by molar-refractivity contribution is -0.274. The summed E-state index contributed by atoms with van der Waals surface area (Å²) in [6.45, 7) is 0.129. The van der Waals surface area contributed by atoms with E-state index in [1.807, 2.05) is 0 Å². The molecule has 106 valence electrons. The molecule has 1 aromatic carbocycles. The quantitative estimate of drug-likeness (QED) is 0.877. The highest BCUT2D eigenvalue weighted by molar-refractivity contribution is 6.07. The summed E-state index contributed by atoms with van der Waals surface area (Å²) in [5.41, 5.74) is 5.38. The van der Waals surface area contributed by atoms with Gasteiger partial charge in [-0.1, -0.05) is 12.1 Å². The van der Waals surface area contributed by atoms with Gasteiger partial charge in [0.2, 0.25) is 5.78 Å². The van der Waals surface area contributed by atoms with E-state index in [9.17, 15) is 18.0 Å². The molecule has 0 amide bonds. The second kappa shape index (κ2) is 5.38. The van der Waals surface area contributed by atoms with Crippen molar-refractivity contribution in [3.05, 3.63) is 53.5 Å². The van der Waals surface area contributed by atoms with Crippen LogP contribution in [0, 0.1) is 0 Å². The first-order valence-corrected chi connectivity index (χ1v) is 5.58. The van der Waals surface area contributed by atoms with Crippen LogP contribution in [0.3, 0.4) is 0 Å². The highest BCUT2D eigenvalue weighted by atomic mass is 19.4. The minimum atomic E-state index is -4.81. The summed E-state index contributed by atoms with van der Waals surface area (Å²) >= 11 is 0. The number of ketones is 1. The van der Waals surface area contributed by atoms with E-state index in [0.29, 0.717) is 5.76 Å². The average Bonchev–Trinajstić information content (AvgIpc) is 2.85. The van der Waals surface area contributed by atoms with Gasteiger partial charge in [-0.2, -0.15) is 0 Å². The standard InChI is InChI=1S/C13H10F3NO3/c14-13(15,16)20-9-3-1-2-8(6-9)12(18)11-5-4-10(7-17)19-11/h1-6H,7,17H2. The monoisotopic (exact) mass is 285 g/mol. The van der Waals surface area contributed by atoms with Crippen molar-refractivity contribution in [2.24, 2.45) is 5.73 Å². The van der Waals surface area contributed by atoms with E-state index in [0.717, 1.165) is 12.1 Å². The molecule has 1 heterocycles. The number of alkyl halides is 3. The minimum Gasteiger partial charge on any atom is -0.456 e. The average molecular weight is 285 g/mol. The van der Waals surface area contributed by atoms with Gasteiger partial charge in [-0.05, 0) is 24.3 Å². The van der Waals surface area contributed by atoms with Gasteiger partial charge in [0.05, 0.1) is 6.54 Å². The zero-order valence-electron chi connectivity index (χ0n) is 10.1. The van der Waals surface area contributed by atoms with Gasteiger partial charge >= 0.3 is 6.36 Å². The summed E-state index contributed by atoms with van der Waals surface area (Å²) in [5.74, 6) is -0.586. The molecule has 0 radical (unpaired) electrons. The van der Waals surface area contributed by atoms with E-state index in [1.54, 1.807) is 0 Å². The Labute approximate surface area is 111 Å². The molecule has 7 heteroatoms. The van der Waals surface area contributed by atoms with Crippen LogP contribution in [0.15, 0.2) is 40.8 Å². The van der Waals surface area contributed by atoms with Gasteiger partial charge in [0.25, 0.3) is 0 Å². The van der Waals surface area contributed by atoms with Crippen molar-refractivity contribution in [1.29, 1.82) is 0 Å². The zero-order chi connectivity index (χ0) is 14.8. The third-order valence-electron chi connectivity index (χ3n) is 2.42. The molecule has 0 aliphatic carbocycles. The van der Waals surface area contributed by atoms with E-state index in [1.165, 1.54) is 24.3 Å². The molecule has 1 aromatic heterocycles. The first-order valence-electron chi connectivity index (χ1n) is 5.58. The minimum absolute atomic E-state index is 0.00890. The van der Waals surface area contributed by atoms with Crippen molar-refractivity contribution >= 4 is 5.78 Å². The number of halogens is 3. The van der Waals surface area contributed by atoms with Crippen LogP contribution in [0.1, 0.15) is 21.9 Å². The summed E-state index contributed by atoms with van der Waals surface area (Å²) in [7, 11) is 0. The number of furan rings is 1. The molecule has 20 heavy (non-hydrogen) atoms. The fraction of sp³-hybridized carbons (Fsp3) is 0.154. The Morgan fingerprint density at radius 1 is 1.25 bits per heavy atom. The van der Waals surface area contributed by atoms with E-state index < -0.39 is 17.9 Å². The van der Waals surface area contributed by atoms with E-state index in [-0.39, 0.29) is 17.9 Å². The van der Waals surface area contributed by atoms with Crippen LogP contribution >= 0.6 is 0 Å². The molecule has 0 saturated carbocycles. The third-order valence-corrected chi connectivity index (χ3v) is 2.42. The molecule has 0 aliphatic rings. The second-order valence-electron chi connectivity index (χ2n) is 3.87. The van der Waals surface area contributed by atoms with Gasteiger partial charge in [-0.25, -0.2) is 0 Å². The first-order chi connectivity index (χ1) is 9.39. The number of hydrogen-bond acceptors (Lipinski definition) is 4. The Kier molecular flexibility index (Phi) is 3.80. The van der Waals surface area contributed by atoms with Gasteiger partial charge < -0.3 is 14.9 Å². The molecular formula is C13H10F3NO3. The summed E-state index contributed by atoms with van der Waals surface area (Å²) in [6, 6.07) is 7.72. The van der Waals surface area contributed by atoms with Gasteiger partial charge in [-0.15, -0.1) is 13.2 Å². The summed E-state index contributed by atoms with van der Waals surface area (Å²) in [6.07, 6.45) is -4.81. The molecule has 2 rings (SSSR count). The van der Waals surface area contributed by atoms with Crippen molar-refractivity contribution in [3.63, 3.8) is 0 Å². The normalized spacial score (nSPS) is 11.4. The van der Waals surface area contributed by atoms with Crippen LogP contribution in [0.2, 0.25) is 0 Å². The lowest BCUT2D eigenvalue weighted by Crippen LogP contribution is -2.17. The number of carbonyl (C=O) groups is 1. The van der Waals surface area contributed by atoms with Crippen molar-refractivity contribution in [3.8, 4) is 5.75 Å². The lowest BCUT2D eigenvalue weighted by Gasteiger charge is -2.09. The molecule has 4 nitrogen and oxygen atoms in total. The number of hydrogen-bond donors (Lipinski definition) is 1. The summed E-state index contributed by atoms with van der Waals surface area (Å²) < 4.78 is 45.2. The van der Waals surface area contributed by atoms with E-state index in [4.69, 9.17) is 10.2 Å². The van der Waals surface area contributed by atoms with Gasteiger partial charge in [0.1, 0.15) is 11.5 Å². The fourth-order valence-electron chi connectivity index (χ4n) is 1.59. The van der Waals surface area contributed by atoms with Crippen LogP contribution in [-0.2, 0) is 6.54 Å². The van der Waals surface area contributed by atoms with Crippen molar-refractivity contribution in [2.45, 2.75) is 12.9 Å². The summed E-state index contributed by atoms with van der Waals surface area (Å²) in [4.78, 5) is 12.0. The molecule has 0 unspecified atom stereocenters. The molecule has 0 saturated heterocycles. The first kappa shape index (κ1) is 14.1. The summed E-state index contributed by atoms with van der Waals surface area (Å²) in [5, 5.41) is 0. The Balaban J connectivity index is 2.24. The maximum absolute atomic E-state index is 12.1. The topological polar surface area (TPSA) is 65.5 Å². The van der Waals surface area contributed by atoms with E-state index >= 15 is 0 Å². The van der Waals surface area contributed by atoms with Crippen LogP contribution in [-0.4, -0.2) is 12.1 Å². The predicted molar refractivity (Wildman–Crippen MR) is 63.2 cm³/mol. The number of rotatable bonds is 4. The third kappa shape index (κ3) is 3.39. The number of benzene rings is 1. The van der Waals surface area contributed by atoms with Crippen LogP contribution < -0.4 is 10.5 Å². The molecule has 2 N–H and O–H groups in total. The predicted octanol–water partition coefficient (Wildman–Crippen LogP) is 2.87. The molecular weight excluding hydrogens is 275 g/mol. The largest absolute Gasteiger partial charge is 0.573 e. The zero-order valence-corrected chi connectivity index (χ0v) is 10.1. The molecule has 0 spiro atoms. The van der Waals surface area contributed by atoms with Crippen LogP contribution in [0.25, 0.3) is 0 Å². The maximum atomic E-state index is 12.1. The molecule has 0 fully saturated rings. The van der Waals surface area contributed by atoms with Gasteiger partial charge in [-0.3, -0.25) is 4.79 Å². The highest BCUT2D eigenvalue weighted by Crippen LogP contribution is 2.24. The van der Waals surface area contributed by atoms with Gasteiger partial charge in [0, 0.05) is 5.56 Å². The molecule has 0 bridgehead atoms. The Morgan fingerprint density at radius 3 is 2.60 bits per heavy atom. The fourth-order valence-corrected chi connectivity index (χ4v) is 1.59. The smallest absolute Gasteiger partial charge is 0.456 e. The highest BCUT2D eigenvalue weighted by Gasteiger charge is 2.31. The van der Waals surface area contributed by atoms with Crippen LogP contribution in [0.5, 0.6) is 5.75 Å². The maximum Gasteiger partial charge on any atom is 0.573 e. The molecule has 2 aromatic rings. The van der Waals surface area contributed by atoms with Gasteiger partial charge in [0.15, 0.2) is 5.76 Å².